The van der Waals surface area contributed by atoms with Gasteiger partial charge in [0.1, 0.15) is 0 Å². The lowest BCUT2D eigenvalue weighted by Gasteiger charge is -2.12. The quantitative estimate of drug-likeness (QED) is 0.533. The summed E-state index contributed by atoms with van der Waals surface area (Å²) in [6.07, 6.45) is -1.44. The van der Waals surface area contributed by atoms with E-state index in [9.17, 15) is 23.3 Å². The number of nitro groups is 1. The van der Waals surface area contributed by atoms with Crippen LogP contribution in [-0.2, 0) is 6.18 Å². The van der Waals surface area contributed by atoms with Crippen molar-refractivity contribution in [3.63, 3.8) is 0 Å². The van der Waals surface area contributed by atoms with Crippen LogP contribution in [0.3, 0.4) is 0 Å². The van der Waals surface area contributed by atoms with Crippen LogP contribution in [0.15, 0.2) is 60.9 Å². The Morgan fingerprint density at radius 3 is 2.23 bits per heavy atom. The van der Waals surface area contributed by atoms with Gasteiger partial charge in [-0.25, -0.2) is 9.97 Å². The molecule has 0 atom stereocenters. The van der Waals surface area contributed by atoms with Crippen molar-refractivity contribution in [2.75, 3.05) is 5.32 Å². The predicted octanol–water partition coefficient (Wildman–Crippen LogP) is 4.81. The van der Waals surface area contributed by atoms with Gasteiger partial charge in [0.15, 0.2) is 5.82 Å². The standard InChI is InChI=1S/C17H11F3N4O2/c18-17(19,20)11-2-4-12(5-3-11)23-15-7-6-13(24(25)26)10-14(15)16-21-8-1-9-22-16/h1-10,23H. The second kappa shape index (κ2) is 6.79. The number of alkyl halides is 3. The molecule has 0 aliphatic carbocycles. The summed E-state index contributed by atoms with van der Waals surface area (Å²) in [5.41, 5.74) is 0.272. The zero-order valence-corrected chi connectivity index (χ0v) is 13.1. The van der Waals surface area contributed by atoms with Crippen LogP contribution in [-0.4, -0.2) is 14.9 Å². The van der Waals surface area contributed by atoms with E-state index in [0.29, 0.717) is 16.9 Å². The molecule has 9 heteroatoms. The Morgan fingerprint density at radius 1 is 1.00 bits per heavy atom. The fourth-order valence-electron chi connectivity index (χ4n) is 2.28. The van der Waals surface area contributed by atoms with Crippen LogP contribution in [0, 0.1) is 10.1 Å². The summed E-state index contributed by atoms with van der Waals surface area (Å²) in [6, 6.07) is 10.1. The molecule has 0 aliphatic heterocycles. The van der Waals surface area contributed by atoms with E-state index >= 15 is 0 Å². The Kier molecular flexibility index (Phi) is 4.53. The lowest BCUT2D eigenvalue weighted by atomic mass is 10.1. The minimum absolute atomic E-state index is 0.148. The third-order valence-electron chi connectivity index (χ3n) is 3.51. The topological polar surface area (TPSA) is 81.0 Å². The number of nitrogens with zero attached hydrogens (tertiary/aromatic N) is 3. The zero-order chi connectivity index (χ0) is 18.7. The number of benzene rings is 2. The average Bonchev–Trinajstić information content (AvgIpc) is 2.62. The lowest BCUT2D eigenvalue weighted by molar-refractivity contribution is -0.384. The molecule has 1 N–H and O–H groups in total. The van der Waals surface area contributed by atoms with Crippen LogP contribution in [0.4, 0.5) is 30.2 Å². The van der Waals surface area contributed by atoms with Gasteiger partial charge in [0, 0.05) is 35.8 Å². The normalized spacial score (nSPS) is 11.2. The molecule has 6 nitrogen and oxygen atoms in total. The molecule has 2 aromatic carbocycles. The van der Waals surface area contributed by atoms with Gasteiger partial charge in [0.2, 0.25) is 0 Å². The molecule has 0 radical (unpaired) electrons. The van der Waals surface area contributed by atoms with E-state index in [-0.39, 0.29) is 11.5 Å². The van der Waals surface area contributed by atoms with E-state index in [1.54, 1.807) is 6.07 Å². The fourth-order valence-corrected chi connectivity index (χ4v) is 2.28. The van der Waals surface area contributed by atoms with E-state index < -0.39 is 16.7 Å². The van der Waals surface area contributed by atoms with Crippen molar-refractivity contribution in [2.45, 2.75) is 6.18 Å². The van der Waals surface area contributed by atoms with Gasteiger partial charge >= 0.3 is 6.18 Å². The van der Waals surface area contributed by atoms with Crippen molar-refractivity contribution in [1.29, 1.82) is 0 Å². The van der Waals surface area contributed by atoms with E-state index in [1.165, 1.54) is 42.7 Å². The van der Waals surface area contributed by atoms with Crippen LogP contribution in [0.5, 0.6) is 0 Å². The number of hydrogen-bond acceptors (Lipinski definition) is 5. The highest BCUT2D eigenvalue weighted by molar-refractivity contribution is 5.79. The first kappa shape index (κ1) is 17.3. The van der Waals surface area contributed by atoms with Gasteiger partial charge in [-0.15, -0.1) is 0 Å². The number of halogens is 3. The molecule has 0 aliphatic rings. The molecule has 0 amide bonds. The van der Waals surface area contributed by atoms with Gasteiger partial charge in [0.25, 0.3) is 5.69 Å². The smallest absolute Gasteiger partial charge is 0.355 e. The first-order chi connectivity index (χ1) is 12.3. The summed E-state index contributed by atoms with van der Waals surface area (Å²) in [5, 5.41) is 14.0. The number of non-ortho nitro benzene ring substituents is 1. The fraction of sp³-hybridized carbons (Fsp3) is 0.0588. The Morgan fingerprint density at radius 2 is 1.65 bits per heavy atom. The largest absolute Gasteiger partial charge is 0.416 e. The first-order valence-electron chi connectivity index (χ1n) is 7.35. The molecule has 26 heavy (non-hydrogen) atoms. The highest BCUT2D eigenvalue weighted by Gasteiger charge is 2.30. The lowest BCUT2D eigenvalue weighted by Crippen LogP contribution is -2.04. The van der Waals surface area contributed by atoms with Crippen molar-refractivity contribution < 1.29 is 18.1 Å². The van der Waals surface area contributed by atoms with Crippen molar-refractivity contribution in [3.8, 4) is 11.4 Å². The minimum atomic E-state index is -4.42. The number of hydrogen-bond donors (Lipinski definition) is 1. The van der Waals surface area contributed by atoms with Gasteiger partial charge in [-0.05, 0) is 36.4 Å². The zero-order valence-electron chi connectivity index (χ0n) is 13.1. The van der Waals surface area contributed by atoms with Crippen molar-refractivity contribution in [3.05, 3.63) is 76.6 Å². The molecule has 3 rings (SSSR count). The Labute approximate surface area is 145 Å². The first-order valence-corrected chi connectivity index (χ1v) is 7.35. The summed E-state index contributed by atoms with van der Waals surface area (Å²) in [4.78, 5) is 18.6. The predicted molar refractivity (Wildman–Crippen MR) is 88.8 cm³/mol. The molecule has 0 saturated heterocycles. The van der Waals surface area contributed by atoms with Gasteiger partial charge in [-0.2, -0.15) is 13.2 Å². The summed E-state index contributed by atoms with van der Waals surface area (Å²) < 4.78 is 38.0. The molecule has 132 valence electrons. The maximum absolute atomic E-state index is 12.7. The molecular formula is C17H11F3N4O2. The summed E-state index contributed by atoms with van der Waals surface area (Å²) >= 11 is 0. The van der Waals surface area contributed by atoms with Gasteiger partial charge < -0.3 is 5.32 Å². The number of nitro benzene ring substituents is 1. The summed E-state index contributed by atoms with van der Waals surface area (Å²) in [7, 11) is 0. The molecule has 0 spiro atoms. The molecule has 1 heterocycles. The number of rotatable bonds is 4. The Hall–Kier alpha value is -3.49. The molecule has 3 aromatic rings. The van der Waals surface area contributed by atoms with Crippen LogP contribution >= 0.6 is 0 Å². The van der Waals surface area contributed by atoms with Crippen LogP contribution in [0.1, 0.15) is 5.56 Å². The van der Waals surface area contributed by atoms with E-state index in [0.717, 1.165) is 12.1 Å². The van der Waals surface area contributed by atoms with Crippen LogP contribution in [0.2, 0.25) is 0 Å². The van der Waals surface area contributed by atoms with Gasteiger partial charge in [-0.1, -0.05) is 0 Å². The highest BCUT2D eigenvalue weighted by atomic mass is 19.4. The van der Waals surface area contributed by atoms with Crippen LogP contribution < -0.4 is 5.32 Å². The third-order valence-corrected chi connectivity index (χ3v) is 3.51. The summed E-state index contributed by atoms with van der Waals surface area (Å²) in [6.45, 7) is 0. The van der Waals surface area contributed by atoms with E-state index in [4.69, 9.17) is 0 Å². The Balaban J connectivity index is 1.98. The van der Waals surface area contributed by atoms with Gasteiger partial charge in [-0.3, -0.25) is 10.1 Å². The van der Waals surface area contributed by atoms with Crippen LogP contribution in [0.25, 0.3) is 11.4 Å². The molecule has 0 fully saturated rings. The number of nitrogens with one attached hydrogen (secondary N) is 1. The number of anilines is 2. The molecule has 1 aromatic heterocycles. The molecule has 0 saturated carbocycles. The Bertz CT molecular complexity index is 929. The van der Waals surface area contributed by atoms with Gasteiger partial charge in [0.05, 0.1) is 16.2 Å². The minimum Gasteiger partial charge on any atom is -0.355 e. The van der Waals surface area contributed by atoms with Crippen molar-refractivity contribution >= 4 is 17.1 Å². The third kappa shape index (κ3) is 3.77. The summed E-state index contributed by atoms with van der Waals surface area (Å²) in [5.74, 6) is 0.255. The highest BCUT2D eigenvalue weighted by Crippen LogP contribution is 2.33. The average molecular weight is 360 g/mol. The van der Waals surface area contributed by atoms with Crippen molar-refractivity contribution in [2.24, 2.45) is 0 Å². The van der Waals surface area contributed by atoms with Crippen molar-refractivity contribution in [1.82, 2.24) is 9.97 Å². The maximum atomic E-state index is 12.7. The molecule has 0 bridgehead atoms. The second-order valence-corrected chi connectivity index (χ2v) is 5.26. The SMILES string of the molecule is O=[N+]([O-])c1ccc(Nc2ccc(C(F)(F)F)cc2)c(-c2ncccn2)c1. The van der Waals surface area contributed by atoms with E-state index in [2.05, 4.69) is 15.3 Å². The second-order valence-electron chi connectivity index (χ2n) is 5.26. The maximum Gasteiger partial charge on any atom is 0.416 e. The van der Waals surface area contributed by atoms with E-state index in [1.807, 2.05) is 0 Å². The number of aromatic nitrogens is 2. The molecule has 0 unspecified atom stereocenters. The monoisotopic (exact) mass is 360 g/mol. The molecular weight excluding hydrogens is 349 g/mol.